The molecule has 146 valence electrons. The molecule has 2 N–H and O–H groups in total. The van der Waals surface area contributed by atoms with E-state index in [0.29, 0.717) is 23.2 Å². The van der Waals surface area contributed by atoms with Gasteiger partial charge in [0.25, 0.3) is 0 Å². The molecule has 0 aliphatic carbocycles. The van der Waals surface area contributed by atoms with Crippen LogP contribution in [0, 0.1) is 0 Å². The van der Waals surface area contributed by atoms with Crippen molar-refractivity contribution in [2.24, 2.45) is 0 Å². The number of hydrogen-bond acceptors (Lipinski definition) is 4. The van der Waals surface area contributed by atoms with E-state index in [4.69, 9.17) is 32.7 Å². The van der Waals surface area contributed by atoms with E-state index in [0.717, 1.165) is 17.1 Å². The molecule has 7 heteroatoms. The van der Waals surface area contributed by atoms with Gasteiger partial charge >= 0.3 is 0 Å². The van der Waals surface area contributed by atoms with Crippen LogP contribution >= 0.6 is 23.2 Å². The van der Waals surface area contributed by atoms with Crippen LogP contribution in [0.4, 0.5) is 0 Å². The Morgan fingerprint density at radius 1 is 1.07 bits per heavy atom. The minimum Gasteiger partial charge on any atom is -0.497 e. The second kappa shape index (κ2) is 10.4. The van der Waals surface area contributed by atoms with E-state index in [2.05, 4.69) is 10.6 Å². The number of benzene rings is 2. The van der Waals surface area contributed by atoms with E-state index in [9.17, 15) is 4.79 Å². The molecule has 2 rings (SSSR count). The van der Waals surface area contributed by atoms with Crippen LogP contribution in [-0.2, 0) is 4.79 Å². The number of rotatable bonds is 9. The van der Waals surface area contributed by atoms with Gasteiger partial charge in [-0.25, -0.2) is 0 Å². The number of hydrogen-bond donors (Lipinski definition) is 2. The highest BCUT2D eigenvalue weighted by molar-refractivity contribution is 6.35. The maximum Gasteiger partial charge on any atom is 0.237 e. The van der Waals surface area contributed by atoms with Gasteiger partial charge in [-0.2, -0.15) is 0 Å². The summed E-state index contributed by atoms with van der Waals surface area (Å²) in [5.41, 5.74) is 0.824. The van der Waals surface area contributed by atoms with Crippen LogP contribution in [0.3, 0.4) is 0 Å². The molecule has 5 nitrogen and oxygen atoms in total. The molecule has 2 aromatic carbocycles. The molecule has 0 saturated heterocycles. The topological polar surface area (TPSA) is 59.6 Å². The zero-order valence-electron chi connectivity index (χ0n) is 15.6. The second-order valence-electron chi connectivity index (χ2n) is 6.10. The summed E-state index contributed by atoms with van der Waals surface area (Å²) in [6.45, 7) is 4.67. The van der Waals surface area contributed by atoms with Crippen molar-refractivity contribution in [3.05, 3.63) is 58.1 Å². The van der Waals surface area contributed by atoms with E-state index in [1.54, 1.807) is 26.2 Å². The third-order valence-electron chi connectivity index (χ3n) is 4.06. The molecule has 27 heavy (non-hydrogen) atoms. The molecular formula is C20H24Cl2N2O3. The number of nitrogens with one attached hydrogen (secondary N) is 2. The van der Waals surface area contributed by atoms with Gasteiger partial charge in [-0.05, 0) is 55.8 Å². The molecule has 0 aliphatic heterocycles. The van der Waals surface area contributed by atoms with Gasteiger partial charge in [-0.15, -0.1) is 0 Å². The third kappa shape index (κ3) is 6.61. The van der Waals surface area contributed by atoms with Crippen LogP contribution in [0.15, 0.2) is 42.5 Å². The monoisotopic (exact) mass is 410 g/mol. The predicted octanol–water partition coefficient (Wildman–Crippen LogP) is 4.24. The van der Waals surface area contributed by atoms with Crippen molar-refractivity contribution in [3.8, 4) is 11.5 Å². The van der Waals surface area contributed by atoms with Gasteiger partial charge in [0.15, 0.2) is 0 Å². The molecule has 0 heterocycles. The third-order valence-corrected chi connectivity index (χ3v) is 4.62. The number of methoxy groups -OCH3 is 1. The Kier molecular flexibility index (Phi) is 8.23. The van der Waals surface area contributed by atoms with Gasteiger partial charge in [0.05, 0.1) is 19.2 Å². The van der Waals surface area contributed by atoms with Crippen molar-refractivity contribution in [1.29, 1.82) is 0 Å². The van der Waals surface area contributed by atoms with E-state index in [1.165, 1.54) is 0 Å². The van der Waals surface area contributed by atoms with Crippen molar-refractivity contribution < 1.29 is 14.3 Å². The first-order chi connectivity index (χ1) is 12.9. The van der Waals surface area contributed by atoms with E-state index in [-0.39, 0.29) is 18.0 Å². The minimum atomic E-state index is -0.363. The Bertz CT molecular complexity index is 753. The van der Waals surface area contributed by atoms with Gasteiger partial charge in [0.1, 0.15) is 18.1 Å². The van der Waals surface area contributed by atoms with Gasteiger partial charge < -0.3 is 20.1 Å². The lowest BCUT2D eigenvalue weighted by molar-refractivity contribution is -0.123. The SMILES string of the molecule is COc1ccc(OCCN[C@H](C)C(=O)N[C@H](C)c2ccc(Cl)cc2Cl)cc1. The molecule has 0 aromatic heterocycles. The average Bonchev–Trinajstić information content (AvgIpc) is 2.65. The minimum absolute atomic E-state index is 0.113. The number of halogens is 2. The summed E-state index contributed by atoms with van der Waals surface area (Å²) < 4.78 is 10.7. The highest BCUT2D eigenvalue weighted by Gasteiger charge is 2.17. The first-order valence-electron chi connectivity index (χ1n) is 8.66. The molecule has 2 atom stereocenters. The predicted molar refractivity (Wildman–Crippen MR) is 109 cm³/mol. The molecule has 2 aromatic rings. The molecule has 0 spiro atoms. The quantitative estimate of drug-likeness (QED) is 0.607. The lowest BCUT2D eigenvalue weighted by Gasteiger charge is -2.20. The van der Waals surface area contributed by atoms with Gasteiger partial charge in [0.2, 0.25) is 5.91 Å². The zero-order chi connectivity index (χ0) is 19.8. The van der Waals surface area contributed by atoms with Crippen LogP contribution in [0.25, 0.3) is 0 Å². The Labute approximate surface area is 170 Å². The summed E-state index contributed by atoms with van der Waals surface area (Å²) in [5, 5.41) is 7.18. The van der Waals surface area contributed by atoms with Crippen molar-refractivity contribution in [1.82, 2.24) is 10.6 Å². The number of carbonyl (C=O) groups is 1. The summed E-state index contributed by atoms with van der Waals surface area (Å²) in [6.07, 6.45) is 0. The maximum atomic E-state index is 12.3. The lowest BCUT2D eigenvalue weighted by Crippen LogP contribution is -2.44. The zero-order valence-corrected chi connectivity index (χ0v) is 17.1. The van der Waals surface area contributed by atoms with Crippen LogP contribution in [0.2, 0.25) is 10.0 Å². The van der Waals surface area contributed by atoms with E-state index < -0.39 is 0 Å². The molecular weight excluding hydrogens is 387 g/mol. The molecule has 0 fully saturated rings. The van der Waals surface area contributed by atoms with Crippen molar-refractivity contribution in [3.63, 3.8) is 0 Å². The van der Waals surface area contributed by atoms with Crippen LogP contribution < -0.4 is 20.1 Å². The molecule has 0 unspecified atom stereocenters. The van der Waals surface area contributed by atoms with Crippen LogP contribution in [0.5, 0.6) is 11.5 Å². The van der Waals surface area contributed by atoms with Gasteiger partial charge in [-0.3, -0.25) is 4.79 Å². The van der Waals surface area contributed by atoms with Gasteiger partial charge in [0, 0.05) is 16.6 Å². The summed E-state index contributed by atoms with van der Waals surface area (Å²) in [5.74, 6) is 1.42. The molecule has 0 saturated carbocycles. The number of ether oxygens (including phenoxy) is 2. The van der Waals surface area contributed by atoms with Crippen LogP contribution in [0.1, 0.15) is 25.5 Å². The Morgan fingerprint density at radius 2 is 1.74 bits per heavy atom. The molecule has 0 radical (unpaired) electrons. The first-order valence-corrected chi connectivity index (χ1v) is 9.42. The normalized spacial score (nSPS) is 12.9. The number of amides is 1. The fourth-order valence-corrected chi connectivity index (χ4v) is 3.05. The standard InChI is InChI=1S/C20H24Cl2N2O3/c1-13(18-9-4-15(21)12-19(18)22)24-20(25)14(2)23-10-11-27-17-7-5-16(26-3)6-8-17/h4-9,12-14,23H,10-11H2,1-3H3,(H,24,25)/t13-,14-/m1/s1. The van der Waals surface area contributed by atoms with Crippen LogP contribution in [-0.4, -0.2) is 32.2 Å². The Hall–Kier alpha value is -1.95. The second-order valence-corrected chi connectivity index (χ2v) is 6.94. The van der Waals surface area contributed by atoms with E-state index >= 15 is 0 Å². The summed E-state index contributed by atoms with van der Waals surface area (Å²) in [6, 6.07) is 12.0. The summed E-state index contributed by atoms with van der Waals surface area (Å²) >= 11 is 12.1. The molecule has 0 bridgehead atoms. The maximum absolute atomic E-state index is 12.3. The fraction of sp³-hybridized carbons (Fsp3) is 0.350. The average molecular weight is 411 g/mol. The van der Waals surface area contributed by atoms with Crippen molar-refractivity contribution in [2.45, 2.75) is 25.9 Å². The summed E-state index contributed by atoms with van der Waals surface area (Å²) in [7, 11) is 1.62. The fourth-order valence-electron chi connectivity index (χ4n) is 2.48. The lowest BCUT2D eigenvalue weighted by atomic mass is 10.1. The van der Waals surface area contributed by atoms with Crippen molar-refractivity contribution >= 4 is 29.1 Å². The molecule has 0 aliphatic rings. The molecule has 1 amide bonds. The Balaban J connectivity index is 1.74. The first kappa shape index (κ1) is 21.4. The Morgan fingerprint density at radius 3 is 2.37 bits per heavy atom. The highest BCUT2D eigenvalue weighted by atomic mass is 35.5. The number of carbonyl (C=O) groups excluding carboxylic acids is 1. The summed E-state index contributed by atoms with van der Waals surface area (Å²) in [4.78, 5) is 12.3. The van der Waals surface area contributed by atoms with Gasteiger partial charge in [-0.1, -0.05) is 29.3 Å². The smallest absolute Gasteiger partial charge is 0.237 e. The van der Waals surface area contributed by atoms with E-state index in [1.807, 2.05) is 37.3 Å². The van der Waals surface area contributed by atoms with Crippen molar-refractivity contribution in [2.75, 3.05) is 20.3 Å². The highest BCUT2D eigenvalue weighted by Crippen LogP contribution is 2.26. The largest absolute Gasteiger partial charge is 0.497 e.